The van der Waals surface area contributed by atoms with Crippen molar-refractivity contribution in [2.24, 2.45) is 4.99 Å². The molecule has 3 N–H and O–H groups in total. The van der Waals surface area contributed by atoms with E-state index >= 15 is 0 Å². The van der Waals surface area contributed by atoms with Gasteiger partial charge < -0.3 is 20.5 Å². The lowest BCUT2D eigenvalue weighted by Gasteiger charge is -2.29. The van der Waals surface area contributed by atoms with Crippen molar-refractivity contribution >= 4 is 46.7 Å². The van der Waals surface area contributed by atoms with Crippen molar-refractivity contribution in [2.45, 2.75) is 32.2 Å². The molecule has 0 atom stereocenters. The van der Waals surface area contributed by atoms with Gasteiger partial charge in [-0.3, -0.25) is 9.79 Å². The van der Waals surface area contributed by atoms with E-state index in [1.54, 1.807) is 7.05 Å². The van der Waals surface area contributed by atoms with Crippen LogP contribution in [-0.4, -0.2) is 48.4 Å². The molecule has 0 aliphatic carbocycles. The molecule has 0 spiro atoms. The summed E-state index contributed by atoms with van der Waals surface area (Å²) in [5.74, 6) is 0.687. The summed E-state index contributed by atoms with van der Waals surface area (Å²) in [5, 5.41) is 7.62. The molecule has 3 aromatic rings. The van der Waals surface area contributed by atoms with Crippen LogP contribution < -0.4 is 10.6 Å². The third-order valence-electron chi connectivity index (χ3n) is 5.98. The second-order valence-electron chi connectivity index (χ2n) is 8.12. The van der Waals surface area contributed by atoms with Crippen molar-refractivity contribution in [3.8, 4) is 0 Å². The lowest BCUT2D eigenvalue weighted by molar-refractivity contribution is -0.132. The highest BCUT2D eigenvalue weighted by molar-refractivity contribution is 14.0. The Hall–Kier alpha value is -2.62. The maximum absolute atomic E-state index is 13.3. The van der Waals surface area contributed by atoms with Crippen LogP contribution in [0.3, 0.4) is 0 Å². The van der Waals surface area contributed by atoms with E-state index in [0.29, 0.717) is 26.1 Å². The highest BCUT2D eigenvalue weighted by Crippen LogP contribution is 2.20. The fourth-order valence-corrected chi connectivity index (χ4v) is 4.21. The fourth-order valence-electron chi connectivity index (χ4n) is 4.21. The van der Waals surface area contributed by atoms with Crippen LogP contribution in [0.2, 0.25) is 0 Å². The smallest absolute Gasteiger partial charge is 0.222 e. The minimum Gasteiger partial charge on any atom is -0.361 e. The van der Waals surface area contributed by atoms with Crippen molar-refractivity contribution in [1.82, 2.24) is 20.5 Å². The van der Waals surface area contributed by atoms with Crippen LogP contribution in [0, 0.1) is 5.82 Å². The van der Waals surface area contributed by atoms with E-state index in [0.717, 1.165) is 48.2 Å². The number of guanidine groups is 1. The SMILES string of the molecule is CN=C(NCCCC(=O)N1CCc2ccccc2C1)NCCc1c[nH]c2cc(F)ccc12.I. The minimum absolute atomic E-state index is 0. The van der Waals surface area contributed by atoms with Gasteiger partial charge in [0.2, 0.25) is 5.91 Å². The monoisotopic (exact) mass is 563 g/mol. The van der Waals surface area contributed by atoms with Gasteiger partial charge in [-0.2, -0.15) is 0 Å². The third kappa shape index (κ3) is 6.46. The first-order chi connectivity index (χ1) is 15.6. The summed E-state index contributed by atoms with van der Waals surface area (Å²) in [5.41, 5.74) is 4.56. The number of aliphatic imine (C=N–C) groups is 1. The van der Waals surface area contributed by atoms with Gasteiger partial charge in [0.1, 0.15) is 5.82 Å². The number of fused-ring (bicyclic) bond motifs is 2. The predicted octanol–water partition coefficient (Wildman–Crippen LogP) is 4.00. The molecule has 1 aliphatic heterocycles. The minimum atomic E-state index is -0.239. The molecule has 176 valence electrons. The Morgan fingerprint density at radius 1 is 1.15 bits per heavy atom. The van der Waals surface area contributed by atoms with Gasteiger partial charge in [0.15, 0.2) is 5.96 Å². The lowest BCUT2D eigenvalue weighted by atomic mass is 9.99. The maximum atomic E-state index is 13.3. The average Bonchev–Trinajstić information content (AvgIpc) is 3.21. The van der Waals surface area contributed by atoms with Gasteiger partial charge in [-0.25, -0.2) is 4.39 Å². The summed E-state index contributed by atoms with van der Waals surface area (Å²) in [6.07, 6.45) is 4.93. The van der Waals surface area contributed by atoms with Crippen molar-refractivity contribution < 1.29 is 9.18 Å². The molecule has 0 unspecified atom stereocenters. The number of H-pyrrole nitrogens is 1. The molecular weight excluding hydrogens is 532 g/mol. The summed E-state index contributed by atoms with van der Waals surface area (Å²) in [6.45, 7) is 2.90. The van der Waals surface area contributed by atoms with Crippen LogP contribution in [0.15, 0.2) is 53.7 Å². The standard InChI is InChI=1S/C25H30FN5O.HI/c1-27-25(29-13-10-19-16-30-23-15-21(26)8-9-22(19)23)28-12-4-7-24(32)31-14-11-18-5-2-3-6-20(18)17-31;/h2-3,5-6,8-9,15-16,30H,4,7,10-14,17H2,1H3,(H2,27,28,29);1H. The van der Waals surface area contributed by atoms with Gasteiger partial charge in [0.05, 0.1) is 0 Å². The van der Waals surface area contributed by atoms with Crippen LogP contribution >= 0.6 is 24.0 Å². The number of rotatable bonds is 7. The summed E-state index contributed by atoms with van der Waals surface area (Å²) in [4.78, 5) is 21.9. The number of carbonyl (C=O) groups is 1. The summed E-state index contributed by atoms with van der Waals surface area (Å²) < 4.78 is 13.3. The normalized spacial score (nSPS) is 13.4. The van der Waals surface area contributed by atoms with Gasteiger partial charge in [-0.05, 0) is 54.2 Å². The molecule has 0 saturated carbocycles. The first kappa shape index (κ1) is 25.0. The number of aromatic nitrogens is 1. The van der Waals surface area contributed by atoms with Crippen molar-refractivity contribution in [3.63, 3.8) is 0 Å². The Balaban J connectivity index is 0.00000306. The summed E-state index contributed by atoms with van der Waals surface area (Å²) >= 11 is 0. The highest BCUT2D eigenvalue weighted by Gasteiger charge is 2.19. The molecular formula is C25H31FIN5O. The highest BCUT2D eigenvalue weighted by atomic mass is 127. The molecule has 33 heavy (non-hydrogen) atoms. The number of hydrogen-bond donors (Lipinski definition) is 3. The Morgan fingerprint density at radius 2 is 1.94 bits per heavy atom. The molecule has 1 aliphatic rings. The number of carbonyl (C=O) groups excluding carboxylic acids is 1. The Morgan fingerprint density at radius 3 is 2.76 bits per heavy atom. The number of benzene rings is 2. The first-order valence-electron chi connectivity index (χ1n) is 11.2. The third-order valence-corrected chi connectivity index (χ3v) is 5.98. The van der Waals surface area contributed by atoms with Gasteiger partial charge in [-0.15, -0.1) is 24.0 Å². The summed E-state index contributed by atoms with van der Waals surface area (Å²) in [7, 11) is 1.74. The number of nitrogens with zero attached hydrogens (tertiary/aromatic N) is 2. The average molecular weight is 563 g/mol. The van der Waals surface area contributed by atoms with E-state index in [2.05, 4.69) is 38.8 Å². The molecule has 6 nitrogen and oxygen atoms in total. The number of halogens is 2. The zero-order chi connectivity index (χ0) is 22.3. The number of aromatic amines is 1. The zero-order valence-electron chi connectivity index (χ0n) is 18.9. The first-order valence-corrected chi connectivity index (χ1v) is 11.2. The topological polar surface area (TPSA) is 72.5 Å². The summed E-state index contributed by atoms with van der Waals surface area (Å²) in [6, 6.07) is 13.2. The zero-order valence-corrected chi connectivity index (χ0v) is 21.2. The van der Waals surface area contributed by atoms with Crippen LogP contribution in [0.5, 0.6) is 0 Å². The maximum Gasteiger partial charge on any atom is 0.222 e. The van der Waals surface area contributed by atoms with E-state index in [-0.39, 0.29) is 35.7 Å². The second kappa shape index (κ2) is 12.0. The van der Waals surface area contributed by atoms with E-state index < -0.39 is 0 Å². The van der Waals surface area contributed by atoms with Crippen LogP contribution in [0.25, 0.3) is 10.9 Å². The van der Waals surface area contributed by atoms with E-state index in [9.17, 15) is 9.18 Å². The van der Waals surface area contributed by atoms with Gasteiger partial charge >= 0.3 is 0 Å². The molecule has 0 saturated heterocycles. The fraction of sp³-hybridized carbons (Fsp3) is 0.360. The molecule has 2 heterocycles. The number of nitrogens with one attached hydrogen (secondary N) is 3. The Labute approximate surface area is 211 Å². The van der Waals surface area contributed by atoms with Crippen LogP contribution in [0.1, 0.15) is 29.5 Å². The Kier molecular flexibility index (Phi) is 9.11. The molecule has 8 heteroatoms. The molecule has 0 radical (unpaired) electrons. The predicted molar refractivity (Wildman–Crippen MR) is 142 cm³/mol. The number of amides is 1. The molecule has 1 aromatic heterocycles. The second-order valence-corrected chi connectivity index (χ2v) is 8.12. The number of hydrogen-bond acceptors (Lipinski definition) is 2. The van der Waals surface area contributed by atoms with Crippen LogP contribution in [0.4, 0.5) is 4.39 Å². The lowest BCUT2D eigenvalue weighted by Crippen LogP contribution is -2.39. The largest absolute Gasteiger partial charge is 0.361 e. The van der Waals surface area contributed by atoms with Crippen LogP contribution in [-0.2, 0) is 24.2 Å². The van der Waals surface area contributed by atoms with Crippen molar-refractivity contribution in [1.29, 1.82) is 0 Å². The van der Waals surface area contributed by atoms with E-state index in [1.165, 1.54) is 23.3 Å². The molecule has 0 fully saturated rings. The molecule has 1 amide bonds. The molecule has 4 rings (SSSR count). The van der Waals surface area contributed by atoms with Crippen molar-refractivity contribution in [2.75, 3.05) is 26.7 Å². The quantitative estimate of drug-likeness (QED) is 0.176. The molecule has 2 aromatic carbocycles. The van der Waals surface area contributed by atoms with Crippen molar-refractivity contribution in [3.05, 3.63) is 71.2 Å². The van der Waals surface area contributed by atoms with Gasteiger partial charge in [0.25, 0.3) is 0 Å². The van der Waals surface area contributed by atoms with E-state index in [1.807, 2.05) is 23.2 Å². The van der Waals surface area contributed by atoms with E-state index in [4.69, 9.17) is 0 Å². The Bertz CT molecular complexity index is 1110. The molecule has 0 bridgehead atoms. The van der Waals surface area contributed by atoms with Gasteiger partial charge in [-0.1, -0.05) is 24.3 Å². The van der Waals surface area contributed by atoms with Gasteiger partial charge in [0, 0.05) is 56.7 Å².